The van der Waals surface area contributed by atoms with E-state index in [2.05, 4.69) is 32.8 Å². The number of thiophene rings is 1. The monoisotopic (exact) mass is 340 g/mol. The van der Waals surface area contributed by atoms with Gasteiger partial charge in [-0.3, -0.25) is 0 Å². The number of benzene rings is 1. The first-order chi connectivity index (χ1) is 11.4. The van der Waals surface area contributed by atoms with Gasteiger partial charge in [0.15, 0.2) is 5.82 Å². The van der Waals surface area contributed by atoms with Crippen molar-refractivity contribution in [1.29, 1.82) is 0 Å². The topological polar surface area (TPSA) is 52.3 Å². The Kier molecular flexibility index (Phi) is 3.87. The van der Waals surface area contributed by atoms with Crippen molar-refractivity contribution in [2.75, 3.05) is 0 Å². The third-order valence-electron chi connectivity index (χ3n) is 3.12. The van der Waals surface area contributed by atoms with E-state index in [9.17, 15) is 0 Å². The van der Waals surface area contributed by atoms with E-state index < -0.39 is 0 Å². The van der Waals surface area contributed by atoms with Gasteiger partial charge in [0.1, 0.15) is 17.4 Å². The Balaban J connectivity index is 1.52. The molecular formula is C16H12N4OS2. The molecule has 4 aromatic rings. The van der Waals surface area contributed by atoms with E-state index in [1.807, 2.05) is 42.5 Å². The van der Waals surface area contributed by atoms with Crippen LogP contribution in [0.3, 0.4) is 0 Å². The van der Waals surface area contributed by atoms with Crippen LogP contribution in [-0.4, -0.2) is 19.8 Å². The number of rotatable bonds is 5. The van der Waals surface area contributed by atoms with Crippen molar-refractivity contribution < 1.29 is 4.74 Å². The summed E-state index contributed by atoms with van der Waals surface area (Å²) in [5.41, 5.74) is 0. The number of hydrogen-bond donors (Lipinski definition) is 0. The van der Waals surface area contributed by atoms with Gasteiger partial charge in [0.05, 0.1) is 0 Å². The summed E-state index contributed by atoms with van der Waals surface area (Å²) in [6, 6.07) is 13.7. The number of fused-ring (bicyclic) bond motifs is 1. The molecule has 0 aliphatic heterocycles. The molecule has 0 aliphatic carbocycles. The lowest BCUT2D eigenvalue weighted by Gasteiger charge is -2.02. The summed E-state index contributed by atoms with van der Waals surface area (Å²) < 4.78 is 7.45. The molecule has 0 saturated carbocycles. The SMILES string of the molecule is C(=C\c1nn2c(COc3ccccc3)nnc2s1)/c1cccs1. The van der Waals surface area contributed by atoms with Gasteiger partial charge in [0.2, 0.25) is 4.96 Å². The molecule has 0 atom stereocenters. The fourth-order valence-corrected chi connectivity index (χ4v) is 3.41. The minimum atomic E-state index is 0.336. The van der Waals surface area contributed by atoms with Crippen molar-refractivity contribution in [2.45, 2.75) is 6.61 Å². The molecule has 7 heteroatoms. The van der Waals surface area contributed by atoms with Crippen molar-refractivity contribution in [1.82, 2.24) is 19.8 Å². The van der Waals surface area contributed by atoms with Crippen molar-refractivity contribution in [2.24, 2.45) is 0 Å². The Bertz CT molecular complexity index is 926. The highest BCUT2D eigenvalue weighted by Gasteiger charge is 2.11. The highest BCUT2D eigenvalue weighted by Crippen LogP contribution is 2.19. The molecule has 3 heterocycles. The molecule has 0 fully saturated rings. The van der Waals surface area contributed by atoms with E-state index in [1.54, 1.807) is 15.9 Å². The summed E-state index contributed by atoms with van der Waals surface area (Å²) in [6.07, 6.45) is 4.05. The first-order valence-corrected chi connectivity index (χ1v) is 8.69. The van der Waals surface area contributed by atoms with Crippen LogP contribution in [-0.2, 0) is 6.61 Å². The highest BCUT2D eigenvalue weighted by atomic mass is 32.1. The molecule has 0 saturated heterocycles. The zero-order chi connectivity index (χ0) is 15.5. The molecule has 0 spiro atoms. The largest absolute Gasteiger partial charge is 0.486 e. The lowest BCUT2D eigenvalue weighted by Crippen LogP contribution is -2.02. The second-order valence-electron chi connectivity index (χ2n) is 4.70. The molecule has 0 aliphatic rings. The second-order valence-corrected chi connectivity index (χ2v) is 6.67. The lowest BCUT2D eigenvalue weighted by molar-refractivity contribution is 0.292. The van der Waals surface area contributed by atoms with Crippen molar-refractivity contribution >= 4 is 39.8 Å². The van der Waals surface area contributed by atoms with Gasteiger partial charge >= 0.3 is 0 Å². The third kappa shape index (κ3) is 3.15. The van der Waals surface area contributed by atoms with Crippen LogP contribution in [0.4, 0.5) is 0 Å². The van der Waals surface area contributed by atoms with Crippen LogP contribution in [0.1, 0.15) is 15.7 Å². The number of nitrogens with zero attached hydrogens (tertiary/aromatic N) is 4. The summed E-state index contributed by atoms with van der Waals surface area (Å²) >= 11 is 3.20. The molecule has 114 valence electrons. The van der Waals surface area contributed by atoms with Crippen LogP contribution in [0.15, 0.2) is 47.8 Å². The molecule has 5 nitrogen and oxygen atoms in total. The van der Waals surface area contributed by atoms with Gasteiger partial charge in [-0.2, -0.15) is 9.61 Å². The zero-order valence-electron chi connectivity index (χ0n) is 12.0. The molecule has 0 bridgehead atoms. The maximum atomic E-state index is 5.71. The van der Waals surface area contributed by atoms with Crippen molar-refractivity contribution in [3.05, 3.63) is 63.6 Å². The number of para-hydroxylation sites is 1. The second kappa shape index (κ2) is 6.31. The van der Waals surface area contributed by atoms with Crippen LogP contribution >= 0.6 is 22.7 Å². The summed E-state index contributed by atoms with van der Waals surface area (Å²) in [6.45, 7) is 0.336. The van der Waals surface area contributed by atoms with E-state index in [4.69, 9.17) is 4.74 Å². The van der Waals surface area contributed by atoms with Gasteiger partial charge in [0, 0.05) is 4.88 Å². The average Bonchev–Trinajstić information content (AvgIpc) is 3.29. The predicted molar refractivity (Wildman–Crippen MR) is 92.7 cm³/mol. The van der Waals surface area contributed by atoms with E-state index in [0.717, 1.165) is 15.7 Å². The molecule has 23 heavy (non-hydrogen) atoms. The van der Waals surface area contributed by atoms with E-state index in [0.29, 0.717) is 12.4 Å². The maximum absolute atomic E-state index is 5.71. The quantitative estimate of drug-likeness (QED) is 0.551. The van der Waals surface area contributed by atoms with E-state index in [-0.39, 0.29) is 0 Å². The van der Waals surface area contributed by atoms with Crippen LogP contribution in [0.5, 0.6) is 5.75 Å². The van der Waals surface area contributed by atoms with Gasteiger partial charge in [-0.15, -0.1) is 21.5 Å². The van der Waals surface area contributed by atoms with Crippen LogP contribution < -0.4 is 4.74 Å². The summed E-state index contributed by atoms with van der Waals surface area (Å²) in [4.78, 5) is 1.96. The third-order valence-corrected chi connectivity index (χ3v) is 4.82. The fraction of sp³-hybridized carbons (Fsp3) is 0.0625. The molecule has 0 radical (unpaired) electrons. The Hall–Kier alpha value is -2.51. The Morgan fingerprint density at radius 1 is 1.04 bits per heavy atom. The van der Waals surface area contributed by atoms with Crippen molar-refractivity contribution in [3.63, 3.8) is 0 Å². The normalized spacial score (nSPS) is 11.5. The minimum absolute atomic E-state index is 0.336. The first-order valence-electron chi connectivity index (χ1n) is 6.99. The smallest absolute Gasteiger partial charge is 0.235 e. The number of ether oxygens (including phenoxy) is 1. The Labute approximate surface area is 140 Å². The molecule has 0 unspecified atom stereocenters. The van der Waals surface area contributed by atoms with Crippen LogP contribution in [0.25, 0.3) is 17.1 Å². The van der Waals surface area contributed by atoms with Crippen LogP contribution in [0, 0.1) is 0 Å². The standard InChI is InChI=1S/C16H12N4OS2/c1-2-5-12(6-3-1)21-11-14-17-18-16-20(14)19-15(23-16)9-8-13-7-4-10-22-13/h1-10H,11H2/b9-8+. The Morgan fingerprint density at radius 3 is 2.78 bits per heavy atom. The molecule has 1 aromatic carbocycles. The molecule has 0 N–H and O–H groups in total. The van der Waals surface area contributed by atoms with Crippen molar-refractivity contribution in [3.8, 4) is 5.75 Å². The van der Waals surface area contributed by atoms with Crippen LogP contribution in [0.2, 0.25) is 0 Å². The Morgan fingerprint density at radius 2 is 1.96 bits per heavy atom. The zero-order valence-corrected chi connectivity index (χ0v) is 13.6. The fourth-order valence-electron chi connectivity index (χ4n) is 2.03. The molecular weight excluding hydrogens is 328 g/mol. The predicted octanol–water partition coefficient (Wildman–Crippen LogP) is 4.00. The molecule has 3 aromatic heterocycles. The summed E-state index contributed by atoms with van der Waals surface area (Å²) in [5.74, 6) is 1.49. The van der Waals surface area contributed by atoms with Gasteiger partial charge in [-0.1, -0.05) is 35.6 Å². The van der Waals surface area contributed by atoms with Gasteiger partial charge in [-0.05, 0) is 35.7 Å². The maximum Gasteiger partial charge on any atom is 0.235 e. The van der Waals surface area contributed by atoms with E-state index >= 15 is 0 Å². The molecule has 0 amide bonds. The first kappa shape index (κ1) is 14.1. The summed E-state index contributed by atoms with van der Waals surface area (Å²) in [5, 5.41) is 15.8. The molecule has 4 rings (SSSR count). The number of aromatic nitrogens is 4. The number of hydrogen-bond acceptors (Lipinski definition) is 6. The minimum Gasteiger partial charge on any atom is -0.486 e. The van der Waals surface area contributed by atoms with Gasteiger partial charge in [-0.25, -0.2) is 0 Å². The highest BCUT2D eigenvalue weighted by molar-refractivity contribution is 7.17. The average molecular weight is 340 g/mol. The van der Waals surface area contributed by atoms with Gasteiger partial charge in [0.25, 0.3) is 0 Å². The van der Waals surface area contributed by atoms with E-state index in [1.165, 1.54) is 16.2 Å². The lowest BCUT2D eigenvalue weighted by atomic mass is 10.3. The van der Waals surface area contributed by atoms with Gasteiger partial charge < -0.3 is 4.74 Å². The summed E-state index contributed by atoms with van der Waals surface area (Å²) in [7, 11) is 0.